The summed E-state index contributed by atoms with van der Waals surface area (Å²) in [4.78, 5) is 0. The Hall–Kier alpha value is -1.28. The Labute approximate surface area is 55.0 Å². The molecule has 0 aliphatic carbocycles. The van der Waals surface area contributed by atoms with Crippen LogP contribution in [0.4, 0.5) is 0 Å². The standard InChI is InChI=1S/C7H8N2/c1-2-3-4-7(5-8)6-9/h3-4,7H,2H2,1H3/b4-3+. The Bertz CT molecular complexity index is 154. The van der Waals surface area contributed by atoms with Gasteiger partial charge in [0.05, 0.1) is 12.1 Å². The highest BCUT2D eigenvalue weighted by Crippen LogP contribution is 1.94. The molecule has 2 nitrogen and oxygen atoms in total. The van der Waals surface area contributed by atoms with Crippen LogP contribution < -0.4 is 0 Å². The van der Waals surface area contributed by atoms with Crippen LogP contribution in [0.2, 0.25) is 0 Å². The summed E-state index contributed by atoms with van der Waals surface area (Å²) < 4.78 is 0. The zero-order valence-corrected chi connectivity index (χ0v) is 5.33. The Morgan fingerprint density at radius 1 is 1.44 bits per heavy atom. The lowest BCUT2D eigenvalue weighted by molar-refractivity contribution is 1.07. The van der Waals surface area contributed by atoms with Crippen LogP contribution in [0.5, 0.6) is 0 Å². The zero-order chi connectivity index (χ0) is 7.11. The van der Waals surface area contributed by atoms with Crippen molar-refractivity contribution in [2.75, 3.05) is 0 Å². The third kappa shape index (κ3) is 3.32. The highest BCUT2D eigenvalue weighted by atomic mass is 14.3. The second-order valence-electron chi connectivity index (χ2n) is 1.57. The fourth-order valence-electron chi connectivity index (χ4n) is 0.387. The lowest BCUT2D eigenvalue weighted by atomic mass is 10.2. The number of rotatable bonds is 2. The van der Waals surface area contributed by atoms with Gasteiger partial charge in [0.1, 0.15) is 0 Å². The van der Waals surface area contributed by atoms with Crippen molar-refractivity contribution in [1.82, 2.24) is 0 Å². The van der Waals surface area contributed by atoms with Gasteiger partial charge in [-0.2, -0.15) is 10.5 Å². The molecule has 0 aliphatic rings. The van der Waals surface area contributed by atoms with Crippen LogP contribution in [0.3, 0.4) is 0 Å². The predicted octanol–water partition coefficient (Wildman–Crippen LogP) is 1.62. The Morgan fingerprint density at radius 3 is 2.33 bits per heavy atom. The minimum absolute atomic E-state index is 0.565. The van der Waals surface area contributed by atoms with Gasteiger partial charge >= 0.3 is 0 Å². The maximum Gasteiger partial charge on any atom is 0.151 e. The molecule has 0 amide bonds. The van der Waals surface area contributed by atoms with Gasteiger partial charge in [0.15, 0.2) is 5.92 Å². The molecule has 0 aromatic rings. The lowest BCUT2D eigenvalue weighted by Crippen LogP contribution is -1.83. The van der Waals surface area contributed by atoms with E-state index in [2.05, 4.69) is 0 Å². The number of allylic oxidation sites excluding steroid dienone is 2. The summed E-state index contributed by atoms with van der Waals surface area (Å²) >= 11 is 0. The molecule has 0 bridgehead atoms. The van der Waals surface area contributed by atoms with Gasteiger partial charge < -0.3 is 0 Å². The van der Waals surface area contributed by atoms with E-state index in [0.29, 0.717) is 0 Å². The average Bonchev–Trinajstić information content (AvgIpc) is 1.91. The summed E-state index contributed by atoms with van der Waals surface area (Å²) in [5, 5.41) is 16.5. The molecule has 0 fully saturated rings. The quantitative estimate of drug-likeness (QED) is 0.520. The average molecular weight is 120 g/mol. The number of nitriles is 2. The van der Waals surface area contributed by atoms with Crippen molar-refractivity contribution in [3.8, 4) is 12.1 Å². The van der Waals surface area contributed by atoms with Crippen molar-refractivity contribution in [1.29, 1.82) is 10.5 Å². The largest absolute Gasteiger partial charge is 0.197 e. The summed E-state index contributed by atoms with van der Waals surface area (Å²) in [5.41, 5.74) is 0. The van der Waals surface area contributed by atoms with Crippen LogP contribution in [0, 0.1) is 28.6 Å². The molecular formula is C7H8N2. The smallest absolute Gasteiger partial charge is 0.151 e. The normalized spacial score (nSPS) is 9.33. The van der Waals surface area contributed by atoms with Gasteiger partial charge in [0.2, 0.25) is 0 Å². The molecule has 0 rings (SSSR count). The summed E-state index contributed by atoms with van der Waals surface area (Å²) in [6, 6.07) is 3.68. The summed E-state index contributed by atoms with van der Waals surface area (Å²) in [5.74, 6) is -0.565. The van der Waals surface area contributed by atoms with E-state index in [4.69, 9.17) is 10.5 Å². The van der Waals surface area contributed by atoms with E-state index < -0.39 is 5.92 Å². The van der Waals surface area contributed by atoms with Gasteiger partial charge in [0.25, 0.3) is 0 Å². The molecule has 0 unspecified atom stereocenters. The van der Waals surface area contributed by atoms with Crippen LogP contribution in [0.1, 0.15) is 13.3 Å². The first-order chi connectivity index (χ1) is 4.35. The molecule has 0 saturated heterocycles. The van der Waals surface area contributed by atoms with E-state index in [9.17, 15) is 0 Å². The van der Waals surface area contributed by atoms with Crippen molar-refractivity contribution in [3.05, 3.63) is 12.2 Å². The van der Waals surface area contributed by atoms with E-state index in [1.807, 2.05) is 25.1 Å². The van der Waals surface area contributed by atoms with Gasteiger partial charge in [-0.15, -0.1) is 0 Å². The van der Waals surface area contributed by atoms with Gasteiger partial charge in [-0.25, -0.2) is 0 Å². The fraction of sp³-hybridized carbons (Fsp3) is 0.429. The zero-order valence-electron chi connectivity index (χ0n) is 5.33. The van der Waals surface area contributed by atoms with Crippen LogP contribution in [0.25, 0.3) is 0 Å². The van der Waals surface area contributed by atoms with Crippen molar-refractivity contribution in [2.24, 2.45) is 5.92 Å². The van der Waals surface area contributed by atoms with E-state index in [-0.39, 0.29) is 0 Å². The van der Waals surface area contributed by atoms with Gasteiger partial charge in [-0.05, 0) is 6.42 Å². The molecule has 0 N–H and O–H groups in total. The Kier molecular flexibility index (Phi) is 4.18. The van der Waals surface area contributed by atoms with Crippen LogP contribution in [0.15, 0.2) is 12.2 Å². The summed E-state index contributed by atoms with van der Waals surface area (Å²) in [6.45, 7) is 1.96. The molecule has 0 radical (unpaired) electrons. The maximum absolute atomic E-state index is 8.23. The number of hydrogen-bond acceptors (Lipinski definition) is 2. The van der Waals surface area contributed by atoms with Crippen molar-refractivity contribution >= 4 is 0 Å². The molecule has 9 heavy (non-hydrogen) atoms. The van der Waals surface area contributed by atoms with Crippen LogP contribution >= 0.6 is 0 Å². The Balaban J connectivity index is 3.77. The number of nitrogens with zero attached hydrogens (tertiary/aromatic N) is 2. The van der Waals surface area contributed by atoms with Gasteiger partial charge in [-0.3, -0.25) is 0 Å². The molecule has 0 aromatic heterocycles. The summed E-state index contributed by atoms with van der Waals surface area (Å²) in [7, 11) is 0. The second-order valence-corrected chi connectivity index (χ2v) is 1.57. The van der Waals surface area contributed by atoms with Crippen LogP contribution in [-0.2, 0) is 0 Å². The molecule has 0 heterocycles. The van der Waals surface area contributed by atoms with E-state index in [0.717, 1.165) is 6.42 Å². The first-order valence-electron chi connectivity index (χ1n) is 2.81. The molecule has 0 aliphatic heterocycles. The molecule has 46 valence electrons. The van der Waals surface area contributed by atoms with E-state index >= 15 is 0 Å². The first-order valence-corrected chi connectivity index (χ1v) is 2.81. The summed E-state index contributed by atoms with van der Waals surface area (Å²) in [6.07, 6.45) is 4.30. The topological polar surface area (TPSA) is 47.6 Å². The highest BCUT2D eigenvalue weighted by Gasteiger charge is 1.94. The predicted molar refractivity (Wildman–Crippen MR) is 34.1 cm³/mol. The molecule has 0 saturated carbocycles. The maximum atomic E-state index is 8.23. The second kappa shape index (κ2) is 4.87. The molecule has 0 spiro atoms. The van der Waals surface area contributed by atoms with E-state index in [1.165, 1.54) is 0 Å². The Morgan fingerprint density at radius 2 is 2.00 bits per heavy atom. The monoisotopic (exact) mass is 120 g/mol. The first kappa shape index (κ1) is 7.72. The minimum atomic E-state index is -0.565. The van der Waals surface area contributed by atoms with Gasteiger partial charge in [0, 0.05) is 0 Å². The lowest BCUT2D eigenvalue weighted by Gasteiger charge is -1.83. The highest BCUT2D eigenvalue weighted by molar-refractivity contribution is 5.10. The van der Waals surface area contributed by atoms with Crippen molar-refractivity contribution in [2.45, 2.75) is 13.3 Å². The third-order valence-electron chi connectivity index (χ3n) is 0.842. The minimum Gasteiger partial charge on any atom is -0.197 e. The SMILES string of the molecule is CC/C=C/C(C#N)C#N. The van der Waals surface area contributed by atoms with E-state index in [1.54, 1.807) is 6.08 Å². The third-order valence-corrected chi connectivity index (χ3v) is 0.842. The molecule has 2 heteroatoms. The molecule has 0 aromatic carbocycles. The van der Waals surface area contributed by atoms with Gasteiger partial charge in [-0.1, -0.05) is 19.1 Å². The molecule has 0 atom stereocenters. The van der Waals surface area contributed by atoms with Crippen molar-refractivity contribution < 1.29 is 0 Å². The molecular weight excluding hydrogens is 112 g/mol. The fourth-order valence-corrected chi connectivity index (χ4v) is 0.387. The van der Waals surface area contributed by atoms with Crippen molar-refractivity contribution in [3.63, 3.8) is 0 Å². The number of hydrogen-bond donors (Lipinski definition) is 0. The van der Waals surface area contributed by atoms with Crippen LogP contribution in [-0.4, -0.2) is 0 Å².